The Labute approximate surface area is 156 Å². The number of fused-ring (bicyclic) bond motifs is 1. The number of thioether (sulfide) groups is 1. The first kappa shape index (κ1) is 16.7. The van der Waals surface area contributed by atoms with E-state index < -0.39 is 0 Å². The Hall–Kier alpha value is -2.73. The van der Waals surface area contributed by atoms with Crippen LogP contribution in [0.5, 0.6) is 11.5 Å². The highest BCUT2D eigenvalue weighted by Crippen LogP contribution is 2.34. The average molecular weight is 366 g/mol. The van der Waals surface area contributed by atoms with Gasteiger partial charge >= 0.3 is 0 Å². The van der Waals surface area contributed by atoms with Gasteiger partial charge in [-0.05, 0) is 66.6 Å². The van der Waals surface area contributed by atoms with Gasteiger partial charge in [0.2, 0.25) is 0 Å². The Morgan fingerprint density at radius 1 is 1.08 bits per heavy atom. The van der Waals surface area contributed by atoms with Crippen molar-refractivity contribution >= 4 is 34.6 Å². The minimum atomic E-state index is -0.144. The van der Waals surface area contributed by atoms with Crippen molar-refractivity contribution in [3.05, 3.63) is 58.0 Å². The first-order valence-corrected chi connectivity index (χ1v) is 9.17. The van der Waals surface area contributed by atoms with Gasteiger partial charge in [-0.15, -0.1) is 0 Å². The van der Waals surface area contributed by atoms with Crippen LogP contribution in [0.2, 0.25) is 0 Å². The number of rotatable bonds is 2. The van der Waals surface area contributed by atoms with Gasteiger partial charge in [0.05, 0.1) is 10.6 Å². The van der Waals surface area contributed by atoms with Crippen molar-refractivity contribution in [1.29, 1.82) is 0 Å². The van der Waals surface area contributed by atoms with Crippen molar-refractivity contribution in [3.8, 4) is 11.5 Å². The quantitative estimate of drug-likeness (QED) is 0.817. The van der Waals surface area contributed by atoms with E-state index in [0.717, 1.165) is 28.1 Å². The Bertz CT molecular complexity index is 950. The van der Waals surface area contributed by atoms with Crippen LogP contribution in [0.3, 0.4) is 0 Å². The van der Waals surface area contributed by atoms with Crippen LogP contribution in [-0.4, -0.2) is 24.3 Å². The van der Waals surface area contributed by atoms with Gasteiger partial charge in [0.1, 0.15) is 13.2 Å². The van der Waals surface area contributed by atoms with E-state index in [4.69, 9.17) is 9.47 Å². The van der Waals surface area contributed by atoms with Crippen LogP contribution in [0.25, 0.3) is 6.08 Å². The SMILES string of the molecule is Cc1ccc(C)c(N=C2NC(=O)C(=Cc3ccc4c(c3)OCCO4)S2)c1. The van der Waals surface area contributed by atoms with Gasteiger partial charge in [-0.1, -0.05) is 18.2 Å². The summed E-state index contributed by atoms with van der Waals surface area (Å²) in [7, 11) is 0. The predicted octanol–water partition coefficient (Wildman–Crippen LogP) is 3.97. The number of carbonyl (C=O) groups is 1. The van der Waals surface area contributed by atoms with Crippen molar-refractivity contribution in [2.75, 3.05) is 13.2 Å². The second-order valence-corrected chi connectivity index (χ2v) is 7.21. The minimum Gasteiger partial charge on any atom is -0.486 e. The zero-order valence-corrected chi connectivity index (χ0v) is 15.4. The van der Waals surface area contributed by atoms with Gasteiger partial charge in [-0.2, -0.15) is 0 Å². The van der Waals surface area contributed by atoms with Crippen molar-refractivity contribution in [2.45, 2.75) is 13.8 Å². The van der Waals surface area contributed by atoms with Gasteiger partial charge in [0.15, 0.2) is 16.7 Å². The largest absolute Gasteiger partial charge is 0.486 e. The van der Waals surface area contributed by atoms with Crippen LogP contribution in [0.1, 0.15) is 16.7 Å². The molecule has 132 valence electrons. The molecule has 0 unspecified atom stereocenters. The van der Waals surface area contributed by atoms with E-state index in [1.807, 2.05) is 56.3 Å². The van der Waals surface area contributed by atoms with Crippen molar-refractivity contribution in [1.82, 2.24) is 5.32 Å². The molecule has 2 heterocycles. The van der Waals surface area contributed by atoms with Crippen LogP contribution in [0.15, 0.2) is 46.3 Å². The highest BCUT2D eigenvalue weighted by Gasteiger charge is 2.24. The number of nitrogens with zero attached hydrogens (tertiary/aromatic N) is 1. The molecule has 6 heteroatoms. The predicted molar refractivity (Wildman–Crippen MR) is 104 cm³/mol. The fraction of sp³-hybridized carbons (Fsp3) is 0.200. The average Bonchev–Trinajstić information content (AvgIpc) is 2.97. The standard InChI is InChI=1S/C20H18N2O3S/c1-12-3-4-13(2)15(9-12)21-20-22-19(23)18(26-20)11-14-5-6-16-17(10-14)25-8-7-24-16/h3-6,9-11H,7-8H2,1-2H3,(H,21,22,23). The lowest BCUT2D eigenvalue weighted by atomic mass is 10.1. The molecule has 0 spiro atoms. The van der Waals surface area contributed by atoms with Gasteiger partial charge in [0, 0.05) is 0 Å². The van der Waals surface area contributed by atoms with Crippen LogP contribution in [-0.2, 0) is 4.79 Å². The third-order valence-corrected chi connectivity index (χ3v) is 5.01. The summed E-state index contributed by atoms with van der Waals surface area (Å²) in [5, 5.41) is 3.42. The summed E-state index contributed by atoms with van der Waals surface area (Å²) in [6, 6.07) is 11.7. The number of hydrogen-bond donors (Lipinski definition) is 1. The number of amidine groups is 1. The number of hydrogen-bond acceptors (Lipinski definition) is 5. The number of ether oxygens (including phenoxy) is 2. The molecule has 2 aliphatic heterocycles. The topological polar surface area (TPSA) is 59.9 Å². The van der Waals surface area contributed by atoms with E-state index in [0.29, 0.717) is 29.0 Å². The highest BCUT2D eigenvalue weighted by atomic mass is 32.2. The van der Waals surface area contributed by atoms with Crippen LogP contribution in [0, 0.1) is 13.8 Å². The lowest BCUT2D eigenvalue weighted by molar-refractivity contribution is -0.115. The molecule has 4 rings (SSSR count). The maximum Gasteiger partial charge on any atom is 0.264 e. The molecule has 0 radical (unpaired) electrons. The molecule has 0 aromatic heterocycles. The molecular formula is C20H18N2O3S. The van der Waals surface area contributed by atoms with E-state index in [1.54, 1.807) is 0 Å². The van der Waals surface area contributed by atoms with Crippen molar-refractivity contribution < 1.29 is 14.3 Å². The Morgan fingerprint density at radius 2 is 1.88 bits per heavy atom. The molecular weight excluding hydrogens is 348 g/mol. The summed E-state index contributed by atoms with van der Waals surface area (Å²) < 4.78 is 11.1. The smallest absolute Gasteiger partial charge is 0.264 e. The summed E-state index contributed by atoms with van der Waals surface area (Å²) in [6.45, 7) is 5.13. The Balaban J connectivity index is 1.59. The first-order chi connectivity index (χ1) is 12.6. The van der Waals surface area contributed by atoms with Crippen molar-refractivity contribution in [3.63, 3.8) is 0 Å². The van der Waals surface area contributed by atoms with Crippen molar-refractivity contribution in [2.24, 2.45) is 4.99 Å². The monoisotopic (exact) mass is 366 g/mol. The van der Waals surface area contributed by atoms with Gasteiger partial charge in [-0.3, -0.25) is 4.79 Å². The highest BCUT2D eigenvalue weighted by molar-refractivity contribution is 8.18. The zero-order valence-electron chi connectivity index (χ0n) is 14.5. The third-order valence-electron chi connectivity index (χ3n) is 4.10. The van der Waals surface area contributed by atoms with Crippen LogP contribution < -0.4 is 14.8 Å². The molecule has 0 aliphatic carbocycles. The second-order valence-electron chi connectivity index (χ2n) is 6.17. The van der Waals surface area contributed by atoms with Crippen LogP contribution in [0.4, 0.5) is 5.69 Å². The summed E-state index contributed by atoms with van der Waals surface area (Å²) >= 11 is 1.34. The molecule has 0 saturated carbocycles. The van der Waals surface area contributed by atoms with E-state index in [9.17, 15) is 4.79 Å². The number of carbonyl (C=O) groups excluding carboxylic acids is 1. The van der Waals surface area contributed by atoms with Crippen LogP contribution >= 0.6 is 11.8 Å². The van der Waals surface area contributed by atoms with Gasteiger partial charge in [-0.25, -0.2) is 4.99 Å². The van der Waals surface area contributed by atoms with Gasteiger partial charge < -0.3 is 14.8 Å². The molecule has 26 heavy (non-hydrogen) atoms. The summed E-state index contributed by atoms with van der Waals surface area (Å²) in [4.78, 5) is 17.5. The molecule has 1 saturated heterocycles. The first-order valence-electron chi connectivity index (χ1n) is 8.35. The summed E-state index contributed by atoms with van der Waals surface area (Å²) in [5.74, 6) is 1.30. The minimum absolute atomic E-state index is 0.144. The molecule has 2 aromatic rings. The fourth-order valence-electron chi connectivity index (χ4n) is 2.73. The number of aliphatic imine (C=N–C) groups is 1. The maximum absolute atomic E-state index is 12.3. The summed E-state index contributed by atoms with van der Waals surface area (Å²) in [5.41, 5.74) is 3.96. The molecule has 2 aliphatic rings. The molecule has 1 N–H and O–H groups in total. The molecule has 2 aromatic carbocycles. The Morgan fingerprint density at radius 3 is 2.73 bits per heavy atom. The number of nitrogens with one attached hydrogen (secondary N) is 1. The maximum atomic E-state index is 12.3. The normalized spacial score (nSPS) is 19.1. The molecule has 1 fully saturated rings. The molecule has 0 atom stereocenters. The fourth-order valence-corrected chi connectivity index (χ4v) is 3.57. The third kappa shape index (κ3) is 3.46. The summed E-state index contributed by atoms with van der Waals surface area (Å²) in [6.07, 6.45) is 1.84. The number of aryl methyl sites for hydroxylation is 2. The number of benzene rings is 2. The molecule has 1 amide bonds. The van der Waals surface area contributed by atoms with E-state index in [2.05, 4.69) is 10.3 Å². The molecule has 0 bridgehead atoms. The zero-order chi connectivity index (χ0) is 18.1. The lowest BCUT2D eigenvalue weighted by Gasteiger charge is -2.18. The number of amides is 1. The van der Waals surface area contributed by atoms with E-state index in [1.165, 1.54) is 11.8 Å². The lowest BCUT2D eigenvalue weighted by Crippen LogP contribution is -2.19. The van der Waals surface area contributed by atoms with Gasteiger partial charge in [0.25, 0.3) is 5.91 Å². The van der Waals surface area contributed by atoms with E-state index >= 15 is 0 Å². The molecule has 5 nitrogen and oxygen atoms in total. The van der Waals surface area contributed by atoms with E-state index in [-0.39, 0.29) is 5.91 Å². The Kier molecular flexibility index (Phi) is 4.42. The second kappa shape index (κ2) is 6.88.